The Hall–Kier alpha value is -1.66. The van der Waals surface area contributed by atoms with Gasteiger partial charge < -0.3 is 20.5 Å². The van der Waals surface area contributed by atoms with Crippen molar-refractivity contribution in [1.29, 1.82) is 0 Å². The number of hydrogen-bond donors (Lipinski definition) is 2. The van der Waals surface area contributed by atoms with E-state index in [2.05, 4.69) is 0 Å². The lowest BCUT2D eigenvalue weighted by molar-refractivity contribution is -0.0667. The van der Waals surface area contributed by atoms with Gasteiger partial charge in [-0.3, -0.25) is 4.79 Å². The molecule has 1 saturated heterocycles. The van der Waals surface area contributed by atoms with Crippen LogP contribution in [-0.2, 0) is 4.74 Å². The molecule has 0 saturated carbocycles. The molecule has 0 radical (unpaired) electrons. The Kier molecular flexibility index (Phi) is 4.01. The zero-order chi connectivity index (χ0) is 14.0. The van der Waals surface area contributed by atoms with Gasteiger partial charge in [-0.25, -0.2) is 4.39 Å². The lowest BCUT2D eigenvalue weighted by Gasteiger charge is -2.37. The third-order valence-corrected chi connectivity index (χ3v) is 3.14. The number of aliphatic hydroxyl groups is 1. The molecule has 3 N–H and O–H groups in total. The maximum absolute atomic E-state index is 13.3. The molecule has 0 aromatic heterocycles. The average Bonchev–Trinajstić information content (AvgIpc) is 2.37. The summed E-state index contributed by atoms with van der Waals surface area (Å²) in [4.78, 5) is 13.9. The van der Waals surface area contributed by atoms with E-state index in [4.69, 9.17) is 15.6 Å². The Morgan fingerprint density at radius 2 is 2.32 bits per heavy atom. The van der Waals surface area contributed by atoms with Crippen molar-refractivity contribution >= 4 is 11.6 Å². The van der Waals surface area contributed by atoms with Crippen LogP contribution in [0.4, 0.5) is 10.1 Å². The summed E-state index contributed by atoms with van der Waals surface area (Å²) >= 11 is 0. The largest absolute Gasteiger partial charge is 0.399 e. The number of carbonyl (C=O) groups excluding carboxylic acids is 1. The first kappa shape index (κ1) is 13.8. The minimum absolute atomic E-state index is 0.125. The Balaban J connectivity index is 2.21. The standard InChI is InChI=1S/C13H17FN2O3/c1-8-7-19-12(6-17)5-16(8)13(18)9-2-10(14)4-11(15)3-9/h2-4,8,12,17H,5-7,15H2,1H3. The predicted octanol–water partition coefficient (Wildman–Crippen LogP) is 0.630. The van der Waals surface area contributed by atoms with Gasteiger partial charge >= 0.3 is 0 Å². The van der Waals surface area contributed by atoms with Gasteiger partial charge in [-0.05, 0) is 25.1 Å². The molecule has 0 aliphatic carbocycles. The Labute approximate surface area is 110 Å². The lowest BCUT2D eigenvalue weighted by Crippen LogP contribution is -2.52. The van der Waals surface area contributed by atoms with Crippen LogP contribution in [0.25, 0.3) is 0 Å². The Morgan fingerprint density at radius 1 is 1.58 bits per heavy atom. The van der Waals surface area contributed by atoms with Crippen LogP contribution in [0, 0.1) is 5.82 Å². The van der Waals surface area contributed by atoms with Crippen LogP contribution in [0.5, 0.6) is 0 Å². The lowest BCUT2D eigenvalue weighted by atomic mass is 10.1. The fraction of sp³-hybridized carbons (Fsp3) is 0.462. The van der Waals surface area contributed by atoms with E-state index in [1.165, 1.54) is 6.07 Å². The van der Waals surface area contributed by atoms with Crippen molar-refractivity contribution in [2.24, 2.45) is 0 Å². The first-order valence-corrected chi connectivity index (χ1v) is 6.10. The van der Waals surface area contributed by atoms with E-state index in [0.717, 1.165) is 12.1 Å². The van der Waals surface area contributed by atoms with E-state index >= 15 is 0 Å². The van der Waals surface area contributed by atoms with Gasteiger partial charge in [-0.15, -0.1) is 0 Å². The van der Waals surface area contributed by atoms with Crippen LogP contribution >= 0.6 is 0 Å². The second-order valence-corrected chi connectivity index (χ2v) is 4.72. The number of halogens is 1. The highest BCUT2D eigenvalue weighted by molar-refractivity contribution is 5.95. The molecule has 1 fully saturated rings. The number of morpholine rings is 1. The molecule has 1 aliphatic rings. The summed E-state index contributed by atoms with van der Waals surface area (Å²) in [6.45, 7) is 2.32. The highest BCUT2D eigenvalue weighted by Crippen LogP contribution is 2.18. The number of amides is 1. The summed E-state index contributed by atoms with van der Waals surface area (Å²) in [7, 11) is 0. The van der Waals surface area contributed by atoms with E-state index in [-0.39, 0.29) is 36.4 Å². The van der Waals surface area contributed by atoms with Crippen molar-refractivity contribution in [1.82, 2.24) is 4.90 Å². The summed E-state index contributed by atoms with van der Waals surface area (Å²) < 4.78 is 18.6. The van der Waals surface area contributed by atoms with Gasteiger partial charge in [-0.1, -0.05) is 0 Å². The minimum Gasteiger partial charge on any atom is -0.399 e. The summed E-state index contributed by atoms with van der Waals surface area (Å²) in [6.07, 6.45) is -0.397. The molecule has 1 aromatic carbocycles. The topological polar surface area (TPSA) is 75.8 Å². The van der Waals surface area contributed by atoms with Crippen LogP contribution in [0.3, 0.4) is 0 Å². The molecule has 1 aromatic rings. The number of carbonyl (C=O) groups is 1. The molecule has 6 heteroatoms. The molecule has 2 atom stereocenters. The van der Waals surface area contributed by atoms with Crippen molar-refractivity contribution < 1.29 is 19.0 Å². The van der Waals surface area contributed by atoms with Gasteiger partial charge in [0.2, 0.25) is 0 Å². The number of nitrogens with zero attached hydrogens (tertiary/aromatic N) is 1. The van der Waals surface area contributed by atoms with Crippen LogP contribution in [0.2, 0.25) is 0 Å². The Morgan fingerprint density at radius 3 is 2.95 bits per heavy atom. The molecule has 2 unspecified atom stereocenters. The number of aliphatic hydroxyl groups excluding tert-OH is 1. The van der Waals surface area contributed by atoms with E-state index in [1.54, 1.807) is 4.90 Å². The summed E-state index contributed by atoms with van der Waals surface area (Å²) in [5, 5.41) is 9.09. The Bertz CT molecular complexity index is 461. The quantitative estimate of drug-likeness (QED) is 0.771. The first-order valence-electron chi connectivity index (χ1n) is 6.10. The molecule has 104 valence electrons. The van der Waals surface area contributed by atoms with Crippen molar-refractivity contribution in [2.45, 2.75) is 19.1 Å². The SMILES string of the molecule is CC1COC(CO)CN1C(=O)c1cc(N)cc(F)c1. The number of hydrogen-bond acceptors (Lipinski definition) is 4. The molecule has 1 aliphatic heterocycles. The van der Waals surface area contributed by atoms with Crippen LogP contribution in [-0.4, -0.2) is 47.8 Å². The maximum Gasteiger partial charge on any atom is 0.254 e. The van der Waals surface area contributed by atoms with Crippen LogP contribution < -0.4 is 5.73 Å². The monoisotopic (exact) mass is 268 g/mol. The number of nitrogen functional groups attached to an aromatic ring is 1. The van der Waals surface area contributed by atoms with Gasteiger partial charge in [0.25, 0.3) is 5.91 Å². The zero-order valence-electron chi connectivity index (χ0n) is 10.7. The smallest absolute Gasteiger partial charge is 0.254 e. The van der Waals surface area contributed by atoms with Crippen LogP contribution in [0.15, 0.2) is 18.2 Å². The van der Waals surface area contributed by atoms with Gasteiger partial charge in [0.1, 0.15) is 5.82 Å². The highest BCUT2D eigenvalue weighted by Gasteiger charge is 2.30. The highest BCUT2D eigenvalue weighted by atomic mass is 19.1. The van der Waals surface area contributed by atoms with Crippen molar-refractivity contribution in [3.63, 3.8) is 0 Å². The summed E-state index contributed by atoms with van der Waals surface area (Å²) in [5.41, 5.74) is 5.96. The average molecular weight is 268 g/mol. The number of ether oxygens (including phenoxy) is 1. The zero-order valence-corrected chi connectivity index (χ0v) is 10.7. The minimum atomic E-state index is -0.539. The number of nitrogens with two attached hydrogens (primary N) is 1. The van der Waals surface area contributed by atoms with Crippen molar-refractivity contribution in [3.8, 4) is 0 Å². The molecule has 2 rings (SSSR count). The predicted molar refractivity (Wildman–Crippen MR) is 68.1 cm³/mol. The van der Waals surface area contributed by atoms with E-state index in [1.807, 2.05) is 6.92 Å². The van der Waals surface area contributed by atoms with Crippen LogP contribution in [0.1, 0.15) is 17.3 Å². The van der Waals surface area contributed by atoms with Gasteiger partial charge in [0.15, 0.2) is 0 Å². The second-order valence-electron chi connectivity index (χ2n) is 4.72. The van der Waals surface area contributed by atoms with Gasteiger partial charge in [-0.2, -0.15) is 0 Å². The second kappa shape index (κ2) is 5.54. The third-order valence-electron chi connectivity index (χ3n) is 3.14. The van der Waals surface area contributed by atoms with E-state index in [9.17, 15) is 9.18 Å². The number of anilines is 1. The van der Waals surface area contributed by atoms with Gasteiger partial charge in [0.05, 0.1) is 25.4 Å². The number of rotatable bonds is 2. The molecule has 1 amide bonds. The fourth-order valence-corrected chi connectivity index (χ4v) is 2.11. The molecule has 0 spiro atoms. The van der Waals surface area contributed by atoms with Crippen molar-refractivity contribution in [3.05, 3.63) is 29.6 Å². The molecule has 1 heterocycles. The third kappa shape index (κ3) is 3.02. The normalized spacial score (nSPS) is 23.4. The van der Waals surface area contributed by atoms with E-state index in [0.29, 0.717) is 6.61 Å². The molecular formula is C13H17FN2O3. The molecule has 0 bridgehead atoms. The first-order chi connectivity index (χ1) is 9.01. The van der Waals surface area contributed by atoms with Gasteiger partial charge in [0, 0.05) is 17.8 Å². The van der Waals surface area contributed by atoms with E-state index < -0.39 is 11.9 Å². The maximum atomic E-state index is 13.3. The molecular weight excluding hydrogens is 251 g/mol. The fourth-order valence-electron chi connectivity index (χ4n) is 2.11. The number of benzene rings is 1. The summed E-state index contributed by atoms with van der Waals surface area (Å²) in [5.74, 6) is -0.844. The molecule has 5 nitrogen and oxygen atoms in total. The molecule has 19 heavy (non-hydrogen) atoms. The van der Waals surface area contributed by atoms with Crippen molar-refractivity contribution in [2.75, 3.05) is 25.5 Å². The summed E-state index contributed by atoms with van der Waals surface area (Å²) in [6, 6.07) is 3.65.